The molecule has 5 nitrogen and oxygen atoms in total. The van der Waals surface area contributed by atoms with Gasteiger partial charge in [-0.1, -0.05) is 0 Å². The van der Waals surface area contributed by atoms with Crippen LogP contribution in [0.4, 0.5) is 29.6 Å². The minimum Gasteiger partial charge on any atom is -0.308 e. The van der Waals surface area contributed by atoms with Crippen molar-refractivity contribution in [1.29, 1.82) is 0 Å². The monoisotopic (exact) mass is 360 g/mol. The lowest BCUT2D eigenvalue weighted by atomic mass is 10.2. The zero-order valence-electron chi connectivity index (χ0n) is 10.3. The number of urea groups is 1. The highest BCUT2D eigenvalue weighted by atomic mass is 79.9. The molecule has 2 aromatic rings. The largest absolute Gasteiger partial charge is 0.416 e. The number of anilines is 2. The second-order valence-corrected chi connectivity index (χ2v) is 4.79. The van der Waals surface area contributed by atoms with Gasteiger partial charge in [0.1, 0.15) is 0 Å². The minimum absolute atomic E-state index is 0.0719. The number of carbonyl (C=O) groups excluding carboxylic acids is 1. The molecule has 0 saturated heterocycles. The Balaban J connectivity index is 1.98. The van der Waals surface area contributed by atoms with Crippen LogP contribution in [0.15, 0.2) is 41.1 Å². The molecule has 1 heterocycles. The Morgan fingerprint density at radius 1 is 1.05 bits per heavy atom. The van der Waals surface area contributed by atoms with E-state index in [2.05, 4.69) is 36.5 Å². The molecule has 1 aromatic heterocycles. The predicted molar refractivity (Wildman–Crippen MR) is 73.8 cm³/mol. The summed E-state index contributed by atoms with van der Waals surface area (Å²) in [6.07, 6.45) is -1.52. The van der Waals surface area contributed by atoms with E-state index in [-0.39, 0.29) is 11.6 Å². The average Bonchev–Trinajstić information content (AvgIpc) is 2.41. The number of hydrogen-bond donors (Lipinski definition) is 2. The van der Waals surface area contributed by atoms with Gasteiger partial charge in [-0.2, -0.15) is 13.2 Å². The van der Waals surface area contributed by atoms with Gasteiger partial charge in [-0.3, -0.25) is 5.32 Å². The first-order valence-corrected chi connectivity index (χ1v) is 6.37. The lowest BCUT2D eigenvalue weighted by Crippen LogP contribution is -2.20. The van der Waals surface area contributed by atoms with Gasteiger partial charge >= 0.3 is 12.2 Å². The molecule has 0 fully saturated rings. The highest BCUT2D eigenvalue weighted by Gasteiger charge is 2.29. The molecule has 0 aliphatic carbocycles. The van der Waals surface area contributed by atoms with Crippen molar-refractivity contribution >= 4 is 33.6 Å². The van der Waals surface area contributed by atoms with E-state index in [0.717, 1.165) is 24.3 Å². The van der Waals surface area contributed by atoms with Gasteiger partial charge in [-0.05, 0) is 40.2 Å². The van der Waals surface area contributed by atoms with Gasteiger partial charge in [-0.25, -0.2) is 14.8 Å². The van der Waals surface area contributed by atoms with Crippen molar-refractivity contribution in [3.63, 3.8) is 0 Å². The van der Waals surface area contributed by atoms with E-state index in [1.807, 2.05) is 0 Å². The van der Waals surface area contributed by atoms with Crippen LogP contribution in [0.5, 0.6) is 0 Å². The van der Waals surface area contributed by atoms with Crippen LogP contribution in [0, 0.1) is 0 Å². The maximum atomic E-state index is 12.4. The van der Waals surface area contributed by atoms with Crippen molar-refractivity contribution < 1.29 is 18.0 Å². The summed E-state index contributed by atoms with van der Waals surface area (Å²) < 4.78 is 37.8. The molecule has 0 radical (unpaired) electrons. The van der Waals surface area contributed by atoms with Gasteiger partial charge in [0.15, 0.2) is 0 Å². The number of alkyl halides is 3. The van der Waals surface area contributed by atoms with E-state index in [1.54, 1.807) is 0 Å². The van der Waals surface area contributed by atoms with Crippen molar-refractivity contribution in [2.75, 3.05) is 10.6 Å². The van der Waals surface area contributed by atoms with E-state index in [1.165, 1.54) is 12.4 Å². The van der Waals surface area contributed by atoms with E-state index >= 15 is 0 Å². The molecule has 110 valence electrons. The Hall–Kier alpha value is -2.16. The van der Waals surface area contributed by atoms with Gasteiger partial charge in [0.25, 0.3) is 0 Å². The summed E-state index contributed by atoms with van der Waals surface area (Å²) in [4.78, 5) is 19.3. The number of nitrogens with zero attached hydrogens (tertiary/aromatic N) is 2. The van der Waals surface area contributed by atoms with Crippen LogP contribution in [0.1, 0.15) is 5.56 Å². The van der Waals surface area contributed by atoms with E-state index in [4.69, 9.17) is 0 Å². The standard InChI is InChI=1S/C12H8BrF3N4O/c13-8-5-17-10(18-6-8)20-11(21)19-9-3-1-7(2-4-9)12(14,15)16/h1-6H,(H2,17,18,19,20,21). The van der Waals surface area contributed by atoms with Crippen LogP contribution >= 0.6 is 15.9 Å². The number of nitrogens with one attached hydrogen (secondary N) is 2. The zero-order valence-corrected chi connectivity index (χ0v) is 11.9. The highest BCUT2D eigenvalue weighted by Crippen LogP contribution is 2.29. The molecule has 0 saturated carbocycles. The van der Waals surface area contributed by atoms with Gasteiger partial charge in [0, 0.05) is 18.1 Å². The number of carbonyl (C=O) groups is 1. The molecular weight excluding hydrogens is 353 g/mol. The molecule has 1 aromatic carbocycles. The third kappa shape index (κ3) is 4.42. The van der Waals surface area contributed by atoms with E-state index in [0.29, 0.717) is 4.47 Å². The summed E-state index contributed by atoms with van der Waals surface area (Å²) in [6, 6.07) is 3.42. The van der Waals surface area contributed by atoms with Crippen LogP contribution in [0.2, 0.25) is 0 Å². The summed E-state index contributed by atoms with van der Waals surface area (Å²) in [7, 11) is 0. The fraction of sp³-hybridized carbons (Fsp3) is 0.0833. The molecule has 0 bridgehead atoms. The maximum Gasteiger partial charge on any atom is 0.416 e. The van der Waals surface area contributed by atoms with Crippen molar-refractivity contribution in [3.05, 3.63) is 46.7 Å². The molecule has 2 rings (SSSR count). The smallest absolute Gasteiger partial charge is 0.308 e. The fourth-order valence-corrected chi connectivity index (χ4v) is 1.59. The molecular formula is C12H8BrF3N4O. The molecule has 21 heavy (non-hydrogen) atoms. The first kappa shape index (κ1) is 15.2. The molecule has 0 aliphatic heterocycles. The topological polar surface area (TPSA) is 66.9 Å². The third-order valence-corrected chi connectivity index (χ3v) is 2.73. The SMILES string of the molecule is O=C(Nc1ccc(C(F)(F)F)cc1)Nc1ncc(Br)cn1. The quantitative estimate of drug-likeness (QED) is 0.853. The van der Waals surface area contributed by atoms with E-state index < -0.39 is 17.8 Å². The normalized spacial score (nSPS) is 11.0. The second kappa shape index (κ2) is 6.08. The molecule has 0 spiro atoms. The number of halogens is 4. The van der Waals surface area contributed by atoms with Crippen LogP contribution in [0.25, 0.3) is 0 Å². The highest BCUT2D eigenvalue weighted by molar-refractivity contribution is 9.10. The minimum atomic E-state index is -4.41. The van der Waals surface area contributed by atoms with Crippen LogP contribution in [-0.4, -0.2) is 16.0 Å². The lowest BCUT2D eigenvalue weighted by molar-refractivity contribution is -0.137. The van der Waals surface area contributed by atoms with Gasteiger partial charge < -0.3 is 5.32 Å². The first-order valence-electron chi connectivity index (χ1n) is 5.57. The van der Waals surface area contributed by atoms with Gasteiger partial charge in [0.2, 0.25) is 5.95 Å². The van der Waals surface area contributed by atoms with Crippen molar-refractivity contribution in [1.82, 2.24) is 9.97 Å². The summed E-state index contributed by atoms with van der Waals surface area (Å²) >= 11 is 3.14. The Morgan fingerprint density at radius 3 is 2.14 bits per heavy atom. The molecule has 2 amide bonds. The Labute approximate surface area is 125 Å². The maximum absolute atomic E-state index is 12.4. The molecule has 0 atom stereocenters. The average molecular weight is 361 g/mol. The number of rotatable bonds is 2. The fourth-order valence-electron chi connectivity index (χ4n) is 1.38. The second-order valence-electron chi connectivity index (χ2n) is 3.88. The lowest BCUT2D eigenvalue weighted by Gasteiger charge is -2.09. The third-order valence-electron chi connectivity index (χ3n) is 2.32. The first-order chi connectivity index (χ1) is 9.84. The Bertz CT molecular complexity index is 628. The van der Waals surface area contributed by atoms with E-state index in [9.17, 15) is 18.0 Å². The number of amides is 2. The summed E-state index contributed by atoms with van der Waals surface area (Å²) in [5, 5.41) is 4.72. The Kier molecular flexibility index (Phi) is 4.41. The predicted octanol–water partition coefficient (Wildman–Crippen LogP) is 3.90. The van der Waals surface area contributed by atoms with Crippen LogP contribution in [-0.2, 0) is 6.18 Å². The number of benzene rings is 1. The van der Waals surface area contributed by atoms with Gasteiger partial charge in [-0.15, -0.1) is 0 Å². The molecule has 2 N–H and O–H groups in total. The molecule has 0 aliphatic rings. The van der Waals surface area contributed by atoms with Crippen molar-refractivity contribution in [2.45, 2.75) is 6.18 Å². The van der Waals surface area contributed by atoms with Crippen molar-refractivity contribution in [2.24, 2.45) is 0 Å². The number of aromatic nitrogens is 2. The van der Waals surface area contributed by atoms with Crippen molar-refractivity contribution in [3.8, 4) is 0 Å². The molecule has 9 heteroatoms. The Morgan fingerprint density at radius 2 is 1.62 bits per heavy atom. The summed E-state index contributed by atoms with van der Waals surface area (Å²) in [5.41, 5.74) is -0.567. The van der Waals surface area contributed by atoms with Gasteiger partial charge in [0.05, 0.1) is 10.0 Å². The van der Waals surface area contributed by atoms with Crippen LogP contribution in [0.3, 0.4) is 0 Å². The van der Waals surface area contributed by atoms with Crippen LogP contribution < -0.4 is 10.6 Å². The summed E-state index contributed by atoms with van der Waals surface area (Å²) in [6.45, 7) is 0. The zero-order chi connectivity index (χ0) is 15.5. The number of hydrogen-bond acceptors (Lipinski definition) is 3. The summed E-state index contributed by atoms with van der Waals surface area (Å²) in [5.74, 6) is 0.0719. The molecule has 0 unspecified atom stereocenters.